The zero-order valence-corrected chi connectivity index (χ0v) is 11.4. The lowest BCUT2D eigenvalue weighted by atomic mass is 10.1. The Morgan fingerprint density at radius 2 is 2.16 bits per heavy atom. The number of benzene rings is 1. The highest BCUT2D eigenvalue weighted by atomic mass is 35.5. The molecule has 0 aliphatic carbocycles. The van der Waals surface area contributed by atoms with Gasteiger partial charge in [0.2, 0.25) is 5.91 Å². The van der Waals surface area contributed by atoms with Crippen LogP contribution < -0.4 is 5.32 Å². The maximum Gasteiger partial charge on any atom is 0.303 e. The molecule has 0 fully saturated rings. The number of rotatable bonds is 6. The van der Waals surface area contributed by atoms with Crippen LogP contribution in [0.3, 0.4) is 0 Å². The zero-order chi connectivity index (χ0) is 14.3. The molecule has 0 aromatic heterocycles. The van der Waals surface area contributed by atoms with E-state index in [4.69, 9.17) is 16.7 Å². The molecule has 0 aliphatic heterocycles. The number of halogens is 1. The zero-order valence-electron chi connectivity index (χ0n) is 10.6. The molecule has 19 heavy (non-hydrogen) atoms. The molecule has 0 heterocycles. The van der Waals surface area contributed by atoms with Gasteiger partial charge in [0.1, 0.15) is 0 Å². The van der Waals surface area contributed by atoms with E-state index in [-0.39, 0.29) is 12.3 Å². The first-order valence-corrected chi connectivity index (χ1v) is 6.30. The van der Waals surface area contributed by atoms with E-state index in [0.29, 0.717) is 18.0 Å². The van der Waals surface area contributed by atoms with Crippen LogP contribution in [0.5, 0.6) is 0 Å². The molecule has 0 atom stereocenters. The Labute approximate surface area is 117 Å². The smallest absolute Gasteiger partial charge is 0.303 e. The minimum absolute atomic E-state index is 0.0531. The summed E-state index contributed by atoms with van der Waals surface area (Å²) in [5.74, 6) is -1.11. The van der Waals surface area contributed by atoms with E-state index in [1.54, 1.807) is 12.1 Å². The van der Waals surface area contributed by atoms with Gasteiger partial charge in [-0.05, 0) is 36.6 Å². The van der Waals surface area contributed by atoms with E-state index in [1.807, 2.05) is 19.1 Å². The Morgan fingerprint density at radius 1 is 1.42 bits per heavy atom. The Morgan fingerprint density at radius 3 is 2.79 bits per heavy atom. The van der Waals surface area contributed by atoms with Gasteiger partial charge in [0.05, 0.1) is 0 Å². The lowest BCUT2D eigenvalue weighted by molar-refractivity contribution is -0.137. The topological polar surface area (TPSA) is 66.4 Å². The highest BCUT2D eigenvalue weighted by molar-refractivity contribution is 6.31. The van der Waals surface area contributed by atoms with Gasteiger partial charge < -0.3 is 10.4 Å². The van der Waals surface area contributed by atoms with E-state index in [0.717, 1.165) is 11.1 Å². The molecular formula is C14H16ClNO3. The van der Waals surface area contributed by atoms with Crippen LogP contribution in [0, 0.1) is 6.92 Å². The fourth-order valence-electron chi connectivity index (χ4n) is 1.39. The summed E-state index contributed by atoms with van der Waals surface area (Å²) >= 11 is 5.97. The number of amides is 1. The molecule has 0 saturated heterocycles. The summed E-state index contributed by atoms with van der Waals surface area (Å²) in [6, 6.07) is 5.54. The minimum atomic E-state index is -0.862. The lowest BCUT2D eigenvalue weighted by Crippen LogP contribution is -2.22. The number of carbonyl (C=O) groups is 2. The van der Waals surface area contributed by atoms with Crippen molar-refractivity contribution in [3.8, 4) is 0 Å². The van der Waals surface area contributed by atoms with Crippen LogP contribution in [-0.2, 0) is 9.59 Å². The van der Waals surface area contributed by atoms with E-state index in [2.05, 4.69) is 5.32 Å². The third kappa shape index (κ3) is 6.06. The molecular weight excluding hydrogens is 266 g/mol. The minimum Gasteiger partial charge on any atom is -0.481 e. The highest BCUT2D eigenvalue weighted by Crippen LogP contribution is 2.17. The lowest BCUT2D eigenvalue weighted by Gasteiger charge is -2.01. The van der Waals surface area contributed by atoms with Crippen molar-refractivity contribution in [1.29, 1.82) is 0 Å². The molecule has 0 aliphatic rings. The third-order valence-corrected chi connectivity index (χ3v) is 2.90. The average Bonchev–Trinajstić information content (AvgIpc) is 2.36. The standard InChI is InChI=1S/C14H16ClNO3/c1-10-4-5-11(9-12(10)15)6-7-13(17)16-8-2-3-14(18)19/h4-7,9H,2-3,8H2,1H3,(H,16,17)(H,18,19)/b7-6+. The van der Waals surface area contributed by atoms with Crippen molar-refractivity contribution in [2.45, 2.75) is 19.8 Å². The predicted octanol–water partition coefficient (Wildman–Crippen LogP) is 2.64. The van der Waals surface area contributed by atoms with Gasteiger partial charge >= 0.3 is 5.97 Å². The van der Waals surface area contributed by atoms with Gasteiger partial charge in [-0.3, -0.25) is 9.59 Å². The predicted molar refractivity (Wildman–Crippen MR) is 75.1 cm³/mol. The summed E-state index contributed by atoms with van der Waals surface area (Å²) in [5.41, 5.74) is 1.83. The number of carboxylic acid groups (broad SMARTS) is 1. The van der Waals surface area contributed by atoms with Crippen molar-refractivity contribution in [1.82, 2.24) is 5.32 Å². The number of hydrogen-bond donors (Lipinski definition) is 2. The second-order valence-electron chi connectivity index (χ2n) is 4.13. The van der Waals surface area contributed by atoms with Gasteiger partial charge in [0.15, 0.2) is 0 Å². The van der Waals surface area contributed by atoms with E-state index >= 15 is 0 Å². The number of nitrogens with one attached hydrogen (secondary N) is 1. The van der Waals surface area contributed by atoms with Crippen LogP contribution in [0.15, 0.2) is 24.3 Å². The monoisotopic (exact) mass is 281 g/mol. The van der Waals surface area contributed by atoms with Crippen LogP contribution >= 0.6 is 11.6 Å². The van der Waals surface area contributed by atoms with Crippen molar-refractivity contribution in [2.24, 2.45) is 0 Å². The van der Waals surface area contributed by atoms with E-state index in [9.17, 15) is 9.59 Å². The van der Waals surface area contributed by atoms with Crippen LogP contribution in [-0.4, -0.2) is 23.5 Å². The molecule has 5 heteroatoms. The van der Waals surface area contributed by atoms with E-state index in [1.165, 1.54) is 6.08 Å². The number of hydrogen-bond acceptors (Lipinski definition) is 2. The van der Waals surface area contributed by atoms with Gasteiger partial charge in [-0.2, -0.15) is 0 Å². The van der Waals surface area contributed by atoms with Crippen molar-refractivity contribution in [2.75, 3.05) is 6.54 Å². The Kier molecular flexibility index (Phi) is 6.09. The molecule has 4 nitrogen and oxygen atoms in total. The van der Waals surface area contributed by atoms with E-state index < -0.39 is 5.97 Å². The molecule has 0 spiro atoms. The normalized spacial score (nSPS) is 10.6. The molecule has 0 radical (unpaired) electrons. The average molecular weight is 282 g/mol. The highest BCUT2D eigenvalue weighted by Gasteiger charge is 1.99. The second kappa shape index (κ2) is 7.59. The molecule has 102 valence electrons. The van der Waals surface area contributed by atoms with Crippen LogP contribution in [0.25, 0.3) is 6.08 Å². The quantitative estimate of drug-likeness (QED) is 0.622. The number of aryl methyl sites for hydroxylation is 1. The Hall–Kier alpha value is -1.81. The summed E-state index contributed by atoms with van der Waals surface area (Å²) < 4.78 is 0. The first kappa shape index (κ1) is 15.2. The molecule has 1 aromatic rings. The van der Waals surface area contributed by atoms with Gasteiger partial charge in [-0.15, -0.1) is 0 Å². The summed E-state index contributed by atoms with van der Waals surface area (Å²) in [5, 5.41) is 11.7. The third-order valence-electron chi connectivity index (χ3n) is 2.49. The first-order chi connectivity index (χ1) is 8.99. The largest absolute Gasteiger partial charge is 0.481 e. The van der Waals surface area contributed by atoms with Gasteiger partial charge in [0.25, 0.3) is 0 Å². The van der Waals surface area contributed by atoms with Crippen molar-refractivity contribution in [3.63, 3.8) is 0 Å². The summed E-state index contributed by atoms with van der Waals surface area (Å²) in [6.45, 7) is 2.26. The molecule has 0 saturated carbocycles. The molecule has 0 unspecified atom stereocenters. The molecule has 2 N–H and O–H groups in total. The van der Waals surface area contributed by atoms with Gasteiger partial charge in [0, 0.05) is 24.1 Å². The summed E-state index contributed by atoms with van der Waals surface area (Å²) in [6.07, 6.45) is 3.54. The molecule has 1 rings (SSSR count). The maximum atomic E-state index is 11.4. The van der Waals surface area contributed by atoms with Crippen molar-refractivity contribution in [3.05, 3.63) is 40.4 Å². The summed E-state index contributed by atoms with van der Waals surface area (Å²) in [7, 11) is 0. The number of carboxylic acids is 1. The fraction of sp³-hybridized carbons (Fsp3) is 0.286. The molecule has 0 bridgehead atoms. The number of aliphatic carboxylic acids is 1. The summed E-state index contributed by atoms with van der Waals surface area (Å²) in [4.78, 5) is 21.7. The Bertz CT molecular complexity index is 497. The fourth-order valence-corrected chi connectivity index (χ4v) is 1.58. The SMILES string of the molecule is Cc1ccc(/C=C/C(=O)NCCCC(=O)O)cc1Cl. The van der Waals surface area contributed by atoms with Gasteiger partial charge in [-0.1, -0.05) is 23.7 Å². The Balaban J connectivity index is 2.40. The van der Waals surface area contributed by atoms with Crippen LogP contribution in [0.4, 0.5) is 0 Å². The number of carbonyl (C=O) groups excluding carboxylic acids is 1. The van der Waals surface area contributed by atoms with Gasteiger partial charge in [-0.25, -0.2) is 0 Å². The van der Waals surface area contributed by atoms with Crippen molar-refractivity contribution < 1.29 is 14.7 Å². The first-order valence-electron chi connectivity index (χ1n) is 5.93. The molecule has 1 aromatic carbocycles. The second-order valence-corrected chi connectivity index (χ2v) is 4.54. The van der Waals surface area contributed by atoms with Crippen molar-refractivity contribution >= 4 is 29.6 Å². The van der Waals surface area contributed by atoms with Crippen LogP contribution in [0.2, 0.25) is 5.02 Å². The maximum absolute atomic E-state index is 11.4. The van der Waals surface area contributed by atoms with Crippen LogP contribution in [0.1, 0.15) is 24.0 Å². The molecule has 1 amide bonds.